The van der Waals surface area contributed by atoms with Gasteiger partial charge >= 0.3 is 5.51 Å². The number of hydrogen-bond acceptors (Lipinski definition) is 0. The molecule has 1 aliphatic carbocycles. The fourth-order valence-corrected chi connectivity index (χ4v) is 5.68. The molecule has 1 atom stereocenters. The lowest BCUT2D eigenvalue weighted by Gasteiger charge is -2.18. The predicted molar refractivity (Wildman–Crippen MR) is 87.6 cm³/mol. The van der Waals surface area contributed by atoms with Crippen LogP contribution in [0.2, 0.25) is 0 Å². The lowest BCUT2D eigenvalue weighted by atomic mass is 9.88. The smallest absolute Gasteiger partial charge is 0.118 e. The van der Waals surface area contributed by atoms with Gasteiger partial charge in [0.25, 0.3) is 0 Å². The lowest BCUT2D eigenvalue weighted by Crippen LogP contribution is -2.06. The van der Waals surface area contributed by atoms with Crippen LogP contribution >= 0.6 is 10.5 Å². The van der Waals surface area contributed by atoms with Gasteiger partial charge in [-0.25, -0.2) is 0 Å². The van der Waals surface area contributed by atoms with E-state index in [9.17, 15) is 13.2 Å². The van der Waals surface area contributed by atoms with Crippen LogP contribution in [0.15, 0.2) is 24.3 Å². The topological polar surface area (TPSA) is 0 Å². The Bertz CT molecular complexity index is 661. The van der Waals surface area contributed by atoms with Crippen LogP contribution in [0.25, 0.3) is 10.1 Å². The van der Waals surface area contributed by atoms with Crippen LogP contribution in [0.4, 0.5) is 13.2 Å². The first-order chi connectivity index (χ1) is 10.4. The van der Waals surface area contributed by atoms with Crippen LogP contribution in [-0.4, -0.2) is 0 Å². The molecule has 120 valence electrons. The minimum Gasteiger partial charge on any atom is -0.118 e. The fourth-order valence-electron chi connectivity index (χ4n) is 3.48. The Balaban J connectivity index is 2.18. The van der Waals surface area contributed by atoms with E-state index in [0.29, 0.717) is 9.58 Å². The lowest BCUT2D eigenvalue weighted by molar-refractivity contribution is -0.0868. The molecule has 1 aromatic heterocycles. The summed E-state index contributed by atoms with van der Waals surface area (Å²) in [5.74, 6) is 0.372. The number of fused-ring (bicyclic) bond motifs is 1. The van der Waals surface area contributed by atoms with Crippen LogP contribution in [0.3, 0.4) is 0 Å². The summed E-state index contributed by atoms with van der Waals surface area (Å²) in [6.07, 6.45) is 5.11. The minimum atomic E-state index is -4.16. The molecule has 0 nitrogen and oxygen atoms in total. The molecule has 0 saturated heterocycles. The molecule has 1 aromatic carbocycles. The van der Waals surface area contributed by atoms with E-state index in [1.165, 1.54) is 0 Å². The fraction of sp³-hybridized carbons (Fsp3) is 0.556. The summed E-state index contributed by atoms with van der Waals surface area (Å²) in [6, 6.07) is 7.49. The van der Waals surface area contributed by atoms with E-state index in [0.717, 1.165) is 43.1 Å². The molecule has 0 bridgehead atoms. The number of halogens is 3. The Morgan fingerprint density at radius 2 is 1.73 bits per heavy atom. The van der Waals surface area contributed by atoms with Crippen molar-refractivity contribution in [2.75, 3.05) is 0 Å². The Kier molecular flexibility index (Phi) is 4.23. The van der Waals surface area contributed by atoms with Crippen molar-refractivity contribution in [2.45, 2.75) is 63.3 Å². The van der Waals surface area contributed by atoms with Crippen molar-refractivity contribution in [3.63, 3.8) is 0 Å². The highest BCUT2D eigenvalue weighted by atomic mass is 32.2. The summed E-state index contributed by atoms with van der Waals surface area (Å²) in [5.41, 5.74) is -3.16. The first-order valence-electron chi connectivity index (χ1n) is 8.04. The Labute approximate surface area is 132 Å². The Morgan fingerprint density at radius 1 is 1.05 bits per heavy atom. The highest BCUT2D eigenvalue weighted by molar-refractivity contribution is 7.38. The zero-order chi connectivity index (χ0) is 15.9. The van der Waals surface area contributed by atoms with Gasteiger partial charge in [-0.3, -0.25) is 0 Å². The molecule has 22 heavy (non-hydrogen) atoms. The van der Waals surface area contributed by atoms with E-state index in [2.05, 4.69) is 0 Å². The average molecular weight is 327 g/mol. The zero-order valence-corrected chi connectivity index (χ0v) is 13.9. The number of rotatable bonds is 2. The molecule has 1 heterocycles. The molecule has 0 N–H and O–H groups in total. The standard InChI is InChI=1S/C18H22F3S/c1-12(2)14-8-9-15-11-16(13-6-4-3-5-7-13)22(17(15)10-14)18(19,20)21/h8-13H,3-7H2,1-2H3/q+1. The van der Waals surface area contributed by atoms with Crippen molar-refractivity contribution < 1.29 is 13.2 Å². The molecule has 3 rings (SSSR count). The largest absolute Gasteiger partial charge is 0.600 e. The molecule has 4 heteroatoms. The zero-order valence-electron chi connectivity index (χ0n) is 13.0. The van der Waals surface area contributed by atoms with Gasteiger partial charge in [-0.05, 0) is 30.4 Å². The number of alkyl halides is 3. The molecular weight excluding hydrogens is 305 g/mol. The van der Waals surface area contributed by atoms with Crippen molar-refractivity contribution in [3.05, 3.63) is 34.7 Å². The third kappa shape index (κ3) is 2.90. The number of thiophene rings is 1. The van der Waals surface area contributed by atoms with Gasteiger partial charge in [0.2, 0.25) is 0 Å². The van der Waals surface area contributed by atoms with Crippen molar-refractivity contribution in [3.8, 4) is 0 Å². The second kappa shape index (κ2) is 5.88. The van der Waals surface area contributed by atoms with Gasteiger partial charge in [-0.2, -0.15) is 0 Å². The summed E-state index contributed by atoms with van der Waals surface area (Å²) in [6.45, 7) is 4.05. The van der Waals surface area contributed by atoms with E-state index in [-0.39, 0.29) is 11.8 Å². The maximum atomic E-state index is 13.7. The van der Waals surface area contributed by atoms with Gasteiger partial charge in [-0.1, -0.05) is 39.2 Å². The van der Waals surface area contributed by atoms with E-state index in [4.69, 9.17) is 0 Å². The summed E-state index contributed by atoms with van der Waals surface area (Å²) in [4.78, 5) is 0.642. The molecule has 1 saturated carbocycles. The summed E-state index contributed by atoms with van der Waals surface area (Å²) in [5, 5.41) is 0.783. The molecule has 0 radical (unpaired) electrons. The highest BCUT2D eigenvalue weighted by Gasteiger charge is 2.49. The van der Waals surface area contributed by atoms with E-state index in [1.807, 2.05) is 32.0 Å². The maximum absolute atomic E-state index is 13.7. The SMILES string of the molecule is CC(C)c1ccc2cc(C3CCCCC3)[s+](C(F)(F)F)c2c1. The van der Waals surface area contributed by atoms with Gasteiger partial charge in [0.05, 0.1) is 10.5 Å². The molecule has 1 aliphatic rings. The molecule has 1 unspecified atom stereocenters. The van der Waals surface area contributed by atoms with Gasteiger partial charge in [-0.15, -0.1) is 13.2 Å². The van der Waals surface area contributed by atoms with Crippen LogP contribution < -0.4 is 0 Å². The van der Waals surface area contributed by atoms with Crippen molar-refractivity contribution in [1.82, 2.24) is 0 Å². The molecular formula is C18H22F3S+. The van der Waals surface area contributed by atoms with Crippen molar-refractivity contribution in [1.29, 1.82) is 0 Å². The predicted octanol–water partition coefficient (Wildman–Crippen LogP) is 7.24. The van der Waals surface area contributed by atoms with Crippen LogP contribution in [0.5, 0.6) is 0 Å². The average Bonchev–Trinajstić information content (AvgIpc) is 2.86. The maximum Gasteiger partial charge on any atom is 0.600 e. The Morgan fingerprint density at radius 3 is 2.32 bits per heavy atom. The normalized spacial score (nSPS) is 18.4. The van der Waals surface area contributed by atoms with Crippen LogP contribution in [0, 0.1) is 0 Å². The Hall–Kier alpha value is -1.03. The van der Waals surface area contributed by atoms with Gasteiger partial charge in [0, 0.05) is 23.4 Å². The minimum absolute atomic E-state index is 0.119. The van der Waals surface area contributed by atoms with Crippen molar-refractivity contribution >= 4 is 20.6 Å². The van der Waals surface area contributed by atoms with Crippen molar-refractivity contribution in [2.24, 2.45) is 0 Å². The second-order valence-electron chi connectivity index (χ2n) is 6.59. The second-order valence-corrected chi connectivity index (χ2v) is 8.57. The first-order valence-corrected chi connectivity index (χ1v) is 9.27. The molecule has 0 aliphatic heterocycles. The highest BCUT2D eigenvalue weighted by Crippen LogP contribution is 2.55. The van der Waals surface area contributed by atoms with Gasteiger partial charge < -0.3 is 0 Å². The molecule has 2 aromatic rings. The molecule has 0 amide bonds. The van der Waals surface area contributed by atoms with E-state index < -0.39 is 16.0 Å². The first kappa shape index (κ1) is 15.9. The summed E-state index contributed by atoms with van der Waals surface area (Å²) >= 11 is 0. The van der Waals surface area contributed by atoms with Crippen LogP contribution in [-0.2, 0) is 5.51 Å². The third-order valence-corrected chi connectivity index (χ3v) is 6.88. The molecule has 0 spiro atoms. The van der Waals surface area contributed by atoms with Gasteiger partial charge in [0.1, 0.15) is 0 Å². The van der Waals surface area contributed by atoms with E-state index >= 15 is 0 Å². The van der Waals surface area contributed by atoms with Gasteiger partial charge in [0.15, 0.2) is 9.58 Å². The van der Waals surface area contributed by atoms with Crippen LogP contribution in [0.1, 0.15) is 68.2 Å². The number of hydrogen-bond donors (Lipinski definition) is 0. The summed E-state index contributed by atoms with van der Waals surface area (Å²) in [7, 11) is -1.72. The third-order valence-electron chi connectivity index (χ3n) is 4.70. The number of benzene rings is 1. The molecule has 1 fully saturated rings. The quantitative estimate of drug-likeness (QED) is 0.510. The summed E-state index contributed by atoms with van der Waals surface area (Å²) < 4.78 is 41.7. The monoisotopic (exact) mass is 327 g/mol. The van der Waals surface area contributed by atoms with E-state index in [1.54, 1.807) is 6.07 Å².